The number of esters is 1. The summed E-state index contributed by atoms with van der Waals surface area (Å²) >= 11 is 6.69. The van der Waals surface area contributed by atoms with Crippen LogP contribution in [-0.2, 0) is 9.59 Å². The molecule has 0 atom stereocenters. The summed E-state index contributed by atoms with van der Waals surface area (Å²) in [7, 11) is 0. The average molecular weight is 739 g/mol. The molecule has 0 saturated heterocycles. The number of unbranched alkanes of at least 4 members (excludes halogenated alkanes) is 11. The number of carbonyl (C=O) groups excluding carboxylic acids is 2. The first-order valence-electron chi connectivity index (χ1n) is 10.4. The Kier molecular flexibility index (Phi) is 16.0. The summed E-state index contributed by atoms with van der Waals surface area (Å²) in [4.78, 5) is 22.4. The highest BCUT2D eigenvalue weighted by molar-refractivity contribution is 14.1. The lowest BCUT2D eigenvalue weighted by Gasteiger charge is -2.09. The van der Waals surface area contributed by atoms with Crippen LogP contribution in [0.4, 0.5) is 0 Å². The van der Waals surface area contributed by atoms with Gasteiger partial charge in [-0.15, -0.1) is 0 Å². The van der Waals surface area contributed by atoms with E-state index in [-0.39, 0.29) is 12.4 Å². The van der Waals surface area contributed by atoms with Gasteiger partial charge in [-0.3, -0.25) is 4.79 Å². The summed E-state index contributed by atoms with van der Waals surface area (Å²) in [5.74, 6) is -0.380. The summed E-state index contributed by atoms with van der Waals surface area (Å²) in [6.45, 7) is 0. The lowest BCUT2D eigenvalue weighted by molar-refractivity contribution is -0.305. The topological polar surface area (TPSA) is 66.4 Å². The van der Waals surface area contributed by atoms with E-state index in [0.717, 1.165) is 42.8 Å². The molecule has 0 radical (unpaired) electrons. The van der Waals surface area contributed by atoms with Gasteiger partial charge in [-0.1, -0.05) is 64.2 Å². The van der Waals surface area contributed by atoms with Crippen molar-refractivity contribution in [3.63, 3.8) is 0 Å². The van der Waals surface area contributed by atoms with E-state index in [0.29, 0.717) is 12.2 Å². The Bertz CT molecular complexity index is 611. The van der Waals surface area contributed by atoms with Gasteiger partial charge in [-0.05, 0) is 99.2 Å². The molecule has 0 aliphatic carbocycles. The van der Waals surface area contributed by atoms with Gasteiger partial charge >= 0.3 is 5.97 Å². The normalized spacial score (nSPS) is 10.9. The Morgan fingerprint density at radius 3 is 1.48 bits per heavy atom. The maximum absolute atomic E-state index is 12.1. The van der Waals surface area contributed by atoms with Crippen molar-refractivity contribution in [1.82, 2.24) is 0 Å². The molecular formula is C22H30I3O4-. The van der Waals surface area contributed by atoms with Crippen LogP contribution in [0.15, 0.2) is 12.1 Å². The van der Waals surface area contributed by atoms with Crippen molar-refractivity contribution in [2.45, 2.75) is 89.9 Å². The quantitative estimate of drug-likeness (QED) is 0.0829. The first-order chi connectivity index (χ1) is 13.9. The SMILES string of the molecule is O=C([O-])CCCCCCCCCCCCCCC(=O)Oc1c(I)cc(I)cc1I. The van der Waals surface area contributed by atoms with Crippen molar-refractivity contribution in [2.75, 3.05) is 0 Å². The molecule has 0 heterocycles. The number of halogens is 3. The molecule has 0 fully saturated rings. The van der Waals surface area contributed by atoms with Crippen LogP contribution in [0.3, 0.4) is 0 Å². The van der Waals surface area contributed by atoms with Crippen LogP contribution in [0.25, 0.3) is 0 Å². The van der Waals surface area contributed by atoms with Gasteiger partial charge in [0, 0.05) is 16.0 Å². The molecule has 0 aromatic heterocycles. The Hall–Kier alpha value is 0.350. The lowest BCUT2D eigenvalue weighted by atomic mass is 10.0. The zero-order valence-electron chi connectivity index (χ0n) is 16.8. The lowest BCUT2D eigenvalue weighted by Crippen LogP contribution is -2.21. The fraction of sp³-hybridized carbons (Fsp3) is 0.636. The molecule has 7 heteroatoms. The largest absolute Gasteiger partial charge is 0.550 e. The van der Waals surface area contributed by atoms with E-state index in [9.17, 15) is 14.7 Å². The van der Waals surface area contributed by atoms with Crippen LogP contribution in [0.1, 0.15) is 89.9 Å². The predicted molar refractivity (Wildman–Crippen MR) is 140 cm³/mol. The van der Waals surface area contributed by atoms with E-state index in [2.05, 4.69) is 67.8 Å². The minimum absolute atomic E-state index is 0.137. The molecule has 1 rings (SSSR count). The van der Waals surface area contributed by atoms with Crippen molar-refractivity contribution in [3.05, 3.63) is 22.8 Å². The molecule has 0 unspecified atom stereocenters. The van der Waals surface area contributed by atoms with Crippen molar-refractivity contribution >= 4 is 79.7 Å². The number of hydrogen-bond acceptors (Lipinski definition) is 4. The van der Waals surface area contributed by atoms with Crippen molar-refractivity contribution in [1.29, 1.82) is 0 Å². The average Bonchev–Trinajstić information content (AvgIpc) is 2.64. The second-order valence-corrected chi connectivity index (χ2v) is 10.9. The minimum Gasteiger partial charge on any atom is -0.550 e. The summed E-state index contributed by atoms with van der Waals surface area (Å²) in [6, 6.07) is 4.03. The van der Waals surface area contributed by atoms with Crippen molar-refractivity contribution in [3.8, 4) is 5.75 Å². The number of carboxylic acid groups (broad SMARTS) is 1. The van der Waals surface area contributed by atoms with Crippen LogP contribution >= 0.6 is 67.8 Å². The first-order valence-corrected chi connectivity index (χ1v) is 13.7. The number of carboxylic acids is 1. The highest BCUT2D eigenvalue weighted by Crippen LogP contribution is 2.30. The molecule has 4 nitrogen and oxygen atoms in total. The van der Waals surface area contributed by atoms with E-state index >= 15 is 0 Å². The fourth-order valence-corrected chi connectivity index (χ4v) is 6.90. The molecule has 0 aliphatic rings. The standard InChI is InChI=1S/C22H31I3O4/c23-17-15-18(24)22(19(25)16-17)29-21(28)14-12-10-8-6-4-2-1-3-5-7-9-11-13-20(26)27/h15-16H,1-14H2,(H,26,27)/p-1. The Balaban J connectivity index is 1.94. The molecule has 0 amide bonds. The van der Waals surface area contributed by atoms with Gasteiger partial charge in [0.2, 0.25) is 0 Å². The predicted octanol–water partition coefficient (Wildman–Crippen LogP) is 6.62. The molecule has 1 aromatic rings. The molecule has 1 aromatic carbocycles. The van der Waals surface area contributed by atoms with E-state index < -0.39 is 5.97 Å². The summed E-state index contributed by atoms with van der Waals surface area (Å²) < 4.78 is 8.66. The highest BCUT2D eigenvalue weighted by Gasteiger charge is 2.12. The fourth-order valence-electron chi connectivity index (χ4n) is 3.10. The van der Waals surface area contributed by atoms with Gasteiger partial charge in [0.15, 0.2) is 5.75 Å². The smallest absolute Gasteiger partial charge is 0.311 e. The maximum Gasteiger partial charge on any atom is 0.311 e. The Morgan fingerprint density at radius 2 is 1.07 bits per heavy atom. The summed E-state index contributed by atoms with van der Waals surface area (Å²) in [5.41, 5.74) is 0. The molecule has 29 heavy (non-hydrogen) atoms. The number of ether oxygens (including phenoxy) is 1. The van der Waals surface area contributed by atoms with Crippen LogP contribution in [0.2, 0.25) is 0 Å². The third kappa shape index (κ3) is 14.1. The van der Waals surface area contributed by atoms with Crippen molar-refractivity contribution in [2.24, 2.45) is 0 Å². The van der Waals surface area contributed by atoms with Crippen molar-refractivity contribution < 1.29 is 19.4 Å². The Labute approximate surface area is 215 Å². The van der Waals surface area contributed by atoms with E-state index in [1.165, 1.54) is 44.9 Å². The van der Waals surface area contributed by atoms with E-state index in [4.69, 9.17) is 4.74 Å². The molecular weight excluding hydrogens is 709 g/mol. The molecule has 164 valence electrons. The maximum atomic E-state index is 12.1. The number of rotatable bonds is 16. The molecule has 0 saturated carbocycles. The number of hydrogen-bond donors (Lipinski definition) is 0. The first kappa shape index (κ1) is 27.4. The van der Waals surface area contributed by atoms with Gasteiger partial charge in [-0.2, -0.15) is 0 Å². The Morgan fingerprint density at radius 1 is 0.690 bits per heavy atom. The van der Waals surface area contributed by atoms with Crippen LogP contribution in [0.5, 0.6) is 5.75 Å². The van der Waals surface area contributed by atoms with Gasteiger partial charge in [0.05, 0.1) is 7.14 Å². The highest BCUT2D eigenvalue weighted by atomic mass is 127. The second-order valence-electron chi connectivity index (χ2n) is 7.29. The summed E-state index contributed by atoms with van der Waals surface area (Å²) in [6.07, 6.45) is 14.2. The third-order valence-electron chi connectivity index (χ3n) is 4.69. The zero-order chi connectivity index (χ0) is 21.5. The van der Waals surface area contributed by atoms with Gasteiger partial charge in [-0.25, -0.2) is 0 Å². The zero-order valence-corrected chi connectivity index (χ0v) is 23.3. The van der Waals surface area contributed by atoms with Gasteiger partial charge < -0.3 is 14.6 Å². The van der Waals surface area contributed by atoms with Crippen LogP contribution < -0.4 is 9.84 Å². The van der Waals surface area contributed by atoms with Gasteiger partial charge in [0.25, 0.3) is 0 Å². The molecule has 0 aliphatic heterocycles. The van der Waals surface area contributed by atoms with E-state index in [1.54, 1.807) is 0 Å². The molecule has 0 N–H and O–H groups in total. The summed E-state index contributed by atoms with van der Waals surface area (Å²) in [5, 5.41) is 10.3. The van der Waals surface area contributed by atoms with Crippen LogP contribution in [0, 0.1) is 10.7 Å². The third-order valence-corrected chi connectivity index (χ3v) is 6.92. The number of benzene rings is 1. The monoisotopic (exact) mass is 739 g/mol. The molecule has 0 spiro atoms. The van der Waals surface area contributed by atoms with E-state index in [1.807, 2.05) is 12.1 Å². The van der Waals surface area contributed by atoms with Crippen LogP contribution in [-0.4, -0.2) is 11.9 Å². The number of carbonyl (C=O) groups is 2. The minimum atomic E-state index is -0.933. The van der Waals surface area contributed by atoms with Gasteiger partial charge in [0.1, 0.15) is 0 Å². The second kappa shape index (κ2) is 17.0. The number of aliphatic carboxylic acids is 1. The molecule has 0 bridgehead atoms.